The van der Waals surface area contributed by atoms with Crippen LogP contribution in [0, 0.1) is 22.7 Å². The number of nitrogens with zero attached hydrogens (tertiary/aromatic N) is 2. The zero-order chi connectivity index (χ0) is 10.6. The SMILES string of the molecule is N#CC(C#N)=C(Cl)c1cccc(Cl)c1. The molecular formula is C10H4Cl2N2. The van der Waals surface area contributed by atoms with Gasteiger partial charge in [-0.3, -0.25) is 0 Å². The standard InChI is InChI=1S/C10H4Cl2N2/c11-9-3-1-2-7(4-9)10(12)8(5-13)6-14/h1-4H. The molecule has 0 aromatic heterocycles. The molecule has 0 fully saturated rings. The Kier molecular flexibility index (Phi) is 3.54. The number of nitriles is 2. The van der Waals surface area contributed by atoms with Crippen LogP contribution in [0.3, 0.4) is 0 Å². The van der Waals surface area contributed by atoms with Crippen LogP contribution >= 0.6 is 23.2 Å². The molecule has 0 amide bonds. The number of rotatable bonds is 1. The molecular weight excluding hydrogens is 219 g/mol. The van der Waals surface area contributed by atoms with Crippen molar-refractivity contribution < 1.29 is 0 Å². The maximum atomic E-state index is 8.58. The van der Waals surface area contributed by atoms with Crippen molar-refractivity contribution in [3.05, 3.63) is 40.4 Å². The second kappa shape index (κ2) is 4.67. The minimum atomic E-state index is -0.117. The van der Waals surface area contributed by atoms with Gasteiger partial charge in [0.2, 0.25) is 0 Å². The molecule has 0 radical (unpaired) electrons. The molecule has 0 atom stereocenters. The summed E-state index contributed by atoms with van der Waals surface area (Å²) in [5, 5.41) is 17.8. The number of benzene rings is 1. The first-order valence-electron chi connectivity index (χ1n) is 3.65. The summed E-state index contributed by atoms with van der Waals surface area (Å²) in [6, 6.07) is 10.1. The minimum absolute atomic E-state index is 0.117. The number of hydrogen-bond donors (Lipinski definition) is 0. The van der Waals surface area contributed by atoms with E-state index in [-0.39, 0.29) is 10.6 Å². The largest absolute Gasteiger partial charge is 0.192 e. The third-order valence-corrected chi connectivity index (χ3v) is 2.16. The smallest absolute Gasteiger partial charge is 0.148 e. The van der Waals surface area contributed by atoms with Crippen LogP contribution in [0.1, 0.15) is 5.56 Å². The summed E-state index contributed by atoms with van der Waals surface area (Å²) in [6.07, 6.45) is 0. The van der Waals surface area contributed by atoms with Crippen molar-refractivity contribution in [2.75, 3.05) is 0 Å². The first kappa shape index (κ1) is 10.6. The van der Waals surface area contributed by atoms with Crippen LogP contribution in [0.25, 0.3) is 5.03 Å². The van der Waals surface area contributed by atoms with Gasteiger partial charge in [-0.2, -0.15) is 10.5 Å². The van der Waals surface area contributed by atoms with Crippen LogP contribution in [0.2, 0.25) is 5.02 Å². The molecule has 0 bridgehead atoms. The zero-order valence-electron chi connectivity index (χ0n) is 6.96. The summed E-state index contributed by atoms with van der Waals surface area (Å²) in [7, 11) is 0. The van der Waals surface area contributed by atoms with Gasteiger partial charge < -0.3 is 0 Å². The quantitative estimate of drug-likeness (QED) is 0.685. The average Bonchev–Trinajstić information content (AvgIpc) is 2.19. The molecule has 1 aromatic carbocycles. The number of halogens is 2. The highest BCUT2D eigenvalue weighted by atomic mass is 35.5. The van der Waals surface area contributed by atoms with Crippen LogP contribution in [-0.2, 0) is 0 Å². The predicted octanol–water partition coefficient (Wildman–Crippen LogP) is 3.34. The fourth-order valence-electron chi connectivity index (χ4n) is 0.893. The minimum Gasteiger partial charge on any atom is -0.192 e. The summed E-state index contributed by atoms with van der Waals surface area (Å²) in [4.78, 5) is 0. The predicted molar refractivity (Wildman–Crippen MR) is 55.5 cm³/mol. The van der Waals surface area contributed by atoms with Gasteiger partial charge in [-0.05, 0) is 17.7 Å². The van der Waals surface area contributed by atoms with E-state index in [1.54, 1.807) is 36.4 Å². The molecule has 0 saturated carbocycles. The lowest BCUT2D eigenvalue weighted by Gasteiger charge is -1.98. The monoisotopic (exact) mass is 222 g/mol. The van der Waals surface area contributed by atoms with Crippen molar-refractivity contribution in [1.82, 2.24) is 0 Å². The Bertz CT molecular complexity index is 448. The molecule has 0 saturated heterocycles. The Morgan fingerprint density at radius 3 is 2.36 bits per heavy atom. The van der Waals surface area contributed by atoms with Gasteiger partial charge in [-0.25, -0.2) is 0 Å². The van der Waals surface area contributed by atoms with Crippen molar-refractivity contribution in [2.24, 2.45) is 0 Å². The fourth-order valence-corrected chi connectivity index (χ4v) is 1.28. The van der Waals surface area contributed by atoms with Crippen LogP contribution < -0.4 is 0 Å². The normalized spacial score (nSPS) is 8.57. The van der Waals surface area contributed by atoms with Gasteiger partial charge in [0.25, 0.3) is 0 Å². The van der Waals surface area contributed by atoms with E-state index in [1.807, 2.05) is 0 Å². The highest BCUT2D eigenvalue weighted by Gasteiger charge is 2.05. The van der Waals surface area contributed by atoms with Gasteiger partial charge >= 0.3 is 0 Å². The molecule has 4 heteroatoms. The average molecular weight is 223 g/mol. The molecule has 1 rings (SSSR count). The lowest BCUT2D eigenvalue weighted by atomic mass is 10.1. The molecule has 0 spiro atoms. The lowest BCUT2D eigenvalue weighted by molar-refractivity contribution is 1.47. The van der Waals surface area contributed by atoms with E-state index in [9.17, 15) is 0 Å². The fraction of sp³-hybridized carbons (Fsp3) is 0. The van der Waals surface area contributed by atoms with Gasteiger partial charge in [-0.1, -0.05) is 35.3 Å². The van der Waals surface area contributed by atoms with E-state index in [1.165, 1.54) is 0 Å². The van der Waals surface area contributed by atoms with Crippen LogP contribution in [0.4, 0.5) is 0 Å². The Balaban J connectivity index is 3.27. The van der Waals surface area contributed by atoms with Crippen LogP contribution in [-0.4, -0.2) is 0 Å². The topological polar surface area (TPSA) is 47.6 Å². The number of hydrogen-bond acceptors (Lipinski definition) is 2. The second-order valence-corrected chi connectivity index (χ2v) is 3.24. The molecule has 2 nitrogen and oxygen atoms in total. The Morgan fingerprint density at radius 1 is 1.21 bits per heavy atom. The second-order valence-electron chi connectivity index (χ2n) is 2.42. The summed E-state index contributed by atoms with van der Waals surface area (Å²) in [6.45, 7) is 0. The first-order chi connectivity index (χ1) is 6.69. The van der Waals surface area contributed by atoms with Gasteiger partial charge in [0, 0.05) is 5.02 Å². The van der Waals surface area contributed by atoms with Crippen molar-refractivity contribution >= 4 is 28.2 Å². The third-order valence-electron chi connectivity index (χ3n) is 1.52. The van der Waals surface area contributed by atoms with Crippen LogP contribution in [0.5, 0.6) is 0 Å². The maximum Gasteiger partial charge on any atom is 0.148 e. The van der Waals surface area contributed by atoms with Gasteiger partial charge in [0.05, 0.1) is 5.03 Å². The molecule has 1 aromatic rings. The Labute approximate surface area is 91.6 Å². The van der Waals surface area contributed by atoms with Crippen molar-refractivity contribution in [2.45, 2.75) is 0 Å². The molecule has 0 aliphatic rings. The van der Waals surface area contributed by atoms with Crippen molar-refractivity contribution in [3.63, 3.8) is 0 Å². The molecule has 68 valence electrons. The van der Waals surface area contributed by atoms with E-state index in [0.29, 0.717) is 10.6 Å². The highest BCUT2D eigenvalue weighted by Crippen LogP contribution is 2.24. The molecule has 0 N–H and O–H groups in total. The molecule has 0 aliphatic carbocycles. The van der Waals surface area contributed by atoms with E-state index < -0.39 is 0 Å². The summed E-state index contributed by atoms with van der Waals surface area (Å²) in [5.74, 6) is 0. The highest BCUT2D eigenvalue weighted by molar-refractivity contribution is 6.50. The lowest BCUT2D eigenvalue weighted by Crippen LogP contribution is -1.81. The number of allylic oxidation sites excluding steroid dienone is 1. The third kappa shape index (κ3) is 2.26. The van der Waals surface area contributed by atoms with E-state index in [4.69, 9.17) is 33.7 Å². The maximum absolute atomic E-state index is 8.58. The first-order valence-corrected chi connectivity index (χ1v) is 4.40. The van der Waals surface area contributed by atoms with Gasteiger partial charge in [-0.15, -0.1) is 0 Å². The molecule has 0 unspecified atom stereocenters. The van der Waals surface area contributed by atoms with Gasteiger partial charge in [0.1, 0.15) is 17.7 Å². The van der Waals surface area contributed by atoms with Crippen molar-refractivity contribution in [1.29, 1.82) is 10.5 Å². The van der Waals surface area contributed by atoms with E-state index in [2.05, 4.69) is 0 Å². The molecule has 0 aliphatic heterocycles. The summed E-state index contributed by atoms with van der Waals surface area (Å²) in [5.41, 5.74) is 0.450. The zero-order valence-corrected chi connectivity index (χ0v) is 8.47. The summed E-state index contributed by atoms with van der Waals surface area (Å²) >= 11 is 11.6. The van der Waals surface area contributed by atoms with Gasteiger partial charge in [0.15, 0.2) is 0 Å². The molecule has 14 heavy (non-hydrogen) atoms. The van der Waals surface area contributed by atoms with Crippen molar-refractivity contribution in [3.8, 4) is 12.1 Å². The summed E-state index contributed by atoms with van der Waals surface area (Å²) < 4.78 is 0. The van der Waals surface area contributed by atoms with Crippen LogP contribution in [0.15, 0.2) is 29.8 Å². The Hall–Kier alpha value is -1.48. The van der Waals surface area contributed by atoms with E-state index in [0.717, 1.165) is 0 Å². The Morgan fingerprint density at radius 2 is 1.86 bits per heavy atom. The van der Waals surface area contributed by atoms with E-state index >= 15 is 0 Å². The molecule has 0 heterocycles.